The maximum Gasteiger partial charge on any atom is 0.251 e. The third-order valence-electron chi connectivity index (χ3n) is 2.54. The molecule has 1 aromatic carbocycles. The second kappa shape index (κ2) is 6.19. The normalized spacial score (nSPS) is 12.5. The van der Waals surface area contributed by atoms with Gasteiger partial charge < -0.3 is 10.6 Å². The van der Waals surface area contributed by atoms with Gasteiger partial charge in [-0.1, -0.05) is 28.6 Å². The summed E-state index contributed by atoms with van der Waals surface area (Å²) in [6, 6.07) is 5.81. The van der Waals surface area contributed by atoms with Crippen LogP contribution in [-0.4, -0.2) is 12.5 Å². The fraction of sp³-hybridized carbons (Fsp3) is 0.250. The van der Waals surface area contributed by atoms with Crippen LogP contribution in [0.1, 0.15) is 21.5 Å². The van der Waals surface area contributed by atoms with Crippen molar-refractivity contribution < 1.29 is 4.79 Å². The van der Waals surface area contributed by atoms with E-state index in [-0.39, 0.29) is 18.3 Å². The fourth-order valence-corrected chi connectivity index (χ4v) is 1.85. The molecule has 17 heavy (non-hydrogen) atoms. The minimum absolute atomic E-state index is 0. The van der Waals surface area contributed by atoms with E-state index in [1.165, 1.54) is 11.1 Å². The largest absolute Gasteiger partial charge is 0.347 e. The molecule has 0 aromatic heterocycles. The van der Waals surface area contributed by atoms with Gasteiger partial charge in [-0.2, -0.15) is 0 Å². The highest BCUT2D eigenvalue weighted by atomic mass is 79.9. The summed E-state index contributed by atoms with van der Waals surface area (Å²) < 4.78 is 0.767. The summed E-state index contributed by atoms with van der Waals surface area (Å²) in [5.74, 6) is -0.0599. The molecule has 1 aliphatic heterocycles. The van der Waals surface area contributed by atoms with Gasteiger partial charge in [0.15, 0.2) is 0 Å². The van der Waals surface area contributed by atoms with Crippen LogP contribution in [0.25, 0.3) is 0 Å². The van der Waals surface area contributed by atoms with Gasteiger partial charge in [0.1, 0.15) is 0 Å². The third kappa shape index (κ3) is 3.56. The van der Waals surface area contributed by atoms with Crippen molar-refractivity contribution in [1.29, 1.82) is 0 Å². The van der Waals surface area contributed by atoms with Crippen LogP contribution in [0.2, 0.25) is 0 Å². The number of nitrogens with one attached hydrogen (secondary N) is 2. The van der Waals surface area contributed by atoms with Crippen molar-refractivity contribution in [2.75, 3.05) is 6.54 Å². The summed E-state index contributed by atoms with van der Waals surface area (Å²) >= 11 is 3.21. The van der Waals surface area contributed by atoms with Gasteiger partial charge in [0.2, 0.25) is 0 Å². The Morgan fingerprint density at radius 2 is 2.12 bits per heavy atom. The molecule has 0 bridgehead atoms. The lowest BCUT2D eigenvalue weighted by molar-refractivity contribution is 0.0957. The summed E-state index contributed by atoms with van der Waals surface area (Å²) in [5.41, 5.74) is 3.20. The Hall–Kier alpha value is -0.840. The van der Waals surface area contributed by atoms with Crippen molar-refractivity contribution in [1.82, 2.24) is 10.6 Å². The van der Waals surface area contributed by atoms with Gasteiger partial charge >= 0.3 is 0 Å². The maximum atomic E-state index is 11.8. The van der Waals surface area contributed by atoms with E-state index in [0.29, 0.717) is 12.1 Å². The third-order valence-corrected chi connectivity index (χ3v) is 2.82. The molecule has 0 aliphatic carbocycles. The molecule has 92 valence electrons. The van der Waals surface area contributed by atoms with E-state index in [1.807, 2.05) is 18.2 Å². The molecule has 2 rings (SSSR count). The first kappa shape index (κ1) is 14.2. The zero-order chi connectivity index (χ0) is 11.5. The van der Waals surface area contributed by atoms with Gasteiger partial charge in [-0.05, 0) is 23.3 Å². The fourth-order valence-electron chi connectivity index (χ4n) is 1.71. The van der Waals surface area contributed by atoms with Crippen molar-refractivity contribution in [3.63, 3.8) is 0 Å². The minimum atomic E-state index is -0.0599. The highest BCUT2D eigenvalue weighted by Crippen LogP contribution is 2.16. The number of halogens is 2. The first-order valence-electron chi connectivity index (χ1n) is 5.11. The van der Waals surface area contributed by atoms with Gasteiger partial charge in [-0.3, -0.25) is 4.79 Å². The van der Waals surface area contributed by atoms with Gasteiger partial charge in [0.25, 0.3) is 5.91 Å². The minimum Gasteiger partial charge on any atom is -0.347 e. The lowest BCUT2D eigenvalue weighted by Gasteiger charge is -2.05. The molecule has 0 spiro atoms. The molecule has 0 saturated heterocycles. The van der Waals surface area contributed by atoms with E-state index in [1.54, 1.807) is 0 Å². The van der Waals surface area contributed by atoms with Crippen molar-refractivity contribution in [2.45, 2.75) is 13.1 Å². The number of rotatable bonds is 3. The quantitative estimate of drug-likeness (QED) is 0.898. The highest BCUT2D eigenvalue weighted by molar-refractivity contribution is 9.11. The molecule has 1 aliphatic rings. The van der Waals surface area contributed by atoms with Gasteiger partial charge in [-0.25, -0.2) is 0 Å². The number of amides is 1. The van der Waals surface area contributed by atoms with Gasteiger partial charge in [0, 0.05) is 29.7 Å². The number of hydrogen-bond donors (Lipinski definition) is 2. The predicted octanol–water partition coefficient (Wildman–Crippen LogP) is 2.35. The first-order chi connectivity index (χ1) is 7.66. The summed E-state index contributed by atoms with van der Waals surface area (Å²) in [5, 5.41) is 6.03. The molecular formula is C12H14BrClN2O. The van der Waals surface area contributed by atoms with Gasteiger partial charge in [-0.15, -0.1) is 12.4 Å². The zero-order valence-corrected chi connectivity index (χ0v) is 11.7. The second-order valence-corrected chi connectivity index (χ2v) is 4.91. The number of fused-ring (bicyclic) bond motifs is 1. The van der Waals surface area contributed by atoms with Gasteiger partial charge in [0.05, 0.1) is 0 Å². The monoisotopic (exact) mass is 316 g/mol. The van der Waals surface area contributed by atoms with Crippen LogP contribution in [0.4, 0.5) is 0 Å². The lowest BCUT2D eigenvalue weighted by atomic mass is 10.1. The Balaban J connectivity index is 0.00000144. The van der Waals surface area contributed by atoms with Crippen LogP contribution in [0.15, 0.2) is 29.3 Å². The van der Waals surface area contributed by atoms with Crippen molar-refractivity contribution in [2.24, 2.45) is 0 Å². The maximum absolute atomic E-state index is 11.8. The van der Waals surface area contributed by atoms with Crippen molar-refractivity contribution >= 4 is 34.2 Å². The molecule has 1 amide bonds. The average molecular weight is 318 g/mol. The molecular weight excluding hydrogens is 304 g/mol. The van der Waals surface area contributed by atoms with Crippen LogP contribution in [0, 0.1) is 0 Å². The Bertz CT molecular complexity index is 448. The Labute approximate surface area is 115 Å². The highest BCUT2D eigenvalue weighted by Gasteiger charge is 2.12. The van der Waals surface area contributed by atoms with Crippen LogP contribution >= 0.6 is 28.3 Å². The summed E-state index contributed by atoms with van der Waals surface area (Å²) in [6.07, 6.45) is 0. The molecule has 2 N–H and O–H groups in total. The van der Waals surface area contributed by atoms with Crippen LogP contribution < -0.4 is 10.6 Å². The summed E-state index contributed by atoms with van der Waals surface area (Å²) in [4.78, 5) is 11.8. The Morgan fingerprint density at radius 3 is 2.82 bits per heavy atom. The molecule has 1 aromatic rings. The van der Waals surface area contributed by atoms with Crippen LogP contribution in [0.5, 0.6) is 0 Å². The van der Waals surface area contributed by atoms with Crippen LogP contribution in [0.3, 0.4) is 0 Å². The molecule has 0 saturated carbocycles. The summed E-state index contributed by atoms with van der Waals surface area (Å²) in [6.45, 7) is 5.87. The number of carbonyl (C=O) groups is 1. The number of benzene rings is 1. The van der Waals surface area contributed by atoms with E-state index < -0.39 is 0 Å². The standard InChI is InChI=1S/C12H13BrN2O.ClH/c1-8(13)5-15-12(16)9-2-3-10-6-14-7-11(10)4-9;/h2-4,14H,1,5-7H2,(H,15,16);1H. The summed E-state index contributed by atoms with van der Waals surface area (Å²) in [7, 11) is 0. The van der Waals surface area contributed by atoms with E-state index >= 15 is 0 Å². The molecule has 1 heterocycles. The predicted molar refractivity (Wildman–Crippen MR) is 74.6 cm³/mol. The average Bonchev–Trinajstić information content (AvgIpc) is 2.72. The van der Waals surface area contributed by atoms with E-state index in [0.717, 1.165) is 17.6 Å². The van der Waals surface area contributed by atoms with E-state index in [9.17, 15) is 4.79 Å². The molecule has 0 unspecified atom stereocenters. The van der Waals surface area contributed by atoms with E-state index in [2.05, 4.69) is 33.1 Å². The van der Waals surface area contributed by atoms with E-state index in [4.69, 9.17) is 0 Å². The second-order valence-electron chi connectivity index (χ2n) is 3.79. The Morgan fingerprint density at radius 1 is 1.41 bits per heavy atom. The smallest absolute Gasteiger partial charge is 0.251 e. The molecule has 0 radical (unpaired) electrons. The Kier molecular flexibility index (Phi) is 5.18. The zero-order valence-electron chi connectivity index (χ0n) is 9.25. The topological polar surface area (TPSA) is 41.1 Å². The SMILES string of the molecule is C=C(Br)CNC(=O)c1ccc2c(c1)CNC2.Cl. The van der Waals surface area contributed by atoms with Crippen LogP contribution in [-0.2, 0) is 13.1 Å². The van der Waals surface area contributed by atoms with Crippen molar-refractivity contribution in [3.8, 4) is 0 Å². The molecule has 0 atom stereocenters. The number of carbonyl (C=O) groups excluding carboxylic acids is 1. The molecule has 5 heteroatoms. The molecule has 0 fully saturated rings. The van der Waals surface area contributed by atoms with Crippen molar-refractivity contribution in [3.05, 3.63) is 46.0 Å². The lowest BCUT2D eigenvalue weighted by Crippen LogP contribution is -2.24. The number of hydrogen-bond acceptors (Lipinski definition) is 2. The first-order valence-corrected chi connectivity index (χ1v) is 5.90. The molecule has 3 nitrogen and oxygen atoms in total.